The molecule has 12 heteroatoms. The largest absolute Gasteiger partial charge is 0.435 e. The van der Waals surface area contributed by atoms with E-state index in [0.717, 1.165) is 11.3 Å². The van der Waals surface area contributed by atoms with E-state index in [9.17, 15) is 13.2 Å². The molecule has 0 bridgehead atoms. The molecule has 5 aromatic rings. The molecular weight excluding hydrogens is 487 g/mol. The summed E-state index contributed by atoms with van der Waals surface area (Å²) in [7, 11) is 0. The van der Waals surface area contributed by atoms with E-state index in [0.29, 0.717) is 47.1 Å². The molecule has 0 aliphatic carbocycles. The first-order valence-electron chi connectivity index (χ1n) is 11.5. The van der Waals surface area contributed by atoms with Gasteiger partial charge in [-0.2, -0.15) is 13.8 Å². The molecule has 6 rings (SSSR count). The number of imidazole rings is 1. The lowest BCUT2D eigenvalue weighted by Crippen LogP contribution is -2.06. The third-order valence-electron chi connectivity index (χ3n) is 6.15. The van der Waals surface area contributed by atoms with Crippen molar-refractivity contribution in [1.82, 2.24) is 34.7 Å². The van der Waals surface area contributed by atoms with Crippen molar-refractivity contribution in [1.29, 1.82) is 0 Å². The lowest BCUT2D eigenvalue weighted by atomic mass is 10.1. The minimum absolute atomic E-state index is 0.0162. The number of hydrogen-bond donors (Lipinski definition) is 0. The van der Waals surface area contributed by atoms with E-state index in [1.165, 1.54) is 24.3 Å². The predicted molar refractivity (Wildman–Crippen MR) is 125 cm³/mol. The highest BCUT2D eigenvalue weighted by molar-refractivity contribution is 5.63. The Kier molecular flexibility index (Phi) is 5.50. The number of halogens is 3. The summed E-state index contributed by atoms with van der Waals surface area (Å²) in [6.07, 6.45) is 2.34. The van der Waals surface area contributed by atoms with Crippen LogP contribution in [0.25, 0.3) is 23.0 Å². The highest BCUT2D eigenvalue weighted by Gasteiger charge is 2.29. The van der Waals surface area contributed by atoms with Gasteiger partial charge in [0.25, 0.3) is 5.89 Å². The first-order chi connectivity index (χ1) is 17.9. The number of benzene rings is 2. The molecule has 0 N–H and O–H groups in total. The number of hydrogen-bond acceptors (Lipinski definition) is 7. The quantitative estimate of drug-likeness (QED) is 0.318. The van der Waals surface area contributed by atoms with Crippen molar-refractivity contribution >= 4 is 0 Å². The molecule has 0 unspecified atom stereocenters. The molecule has 4 heterocycles. The lowest BCUT2D eigenvalue weighted by molar-refractivity contribution is -0.0498. The molecule has 2 aromatic carbocycles. The minimum Gasteiger partial charge on any atom is -0.435 e. The van der Waals surface area contributed by atoms with Gasteiger partial charge in [-0.05, 0) is 29.8 Å². The maximum absolute atomic E-state index is 13.4. The molecule has 1 aliphatic heterocycles. The van der Waals surface area contributed by atoms with E-state index in [1.807, 2.05) is 18.4 Å². The van der Waals surface area contributed by atoms with Crippen molar-refractivity contribution in [2.24, 2.45) is 0 Å². The fourth-order valence-corrected chi connectivity index (χ4v) is 4.34. The molecule has 1 aliphatic rings. The van der Waals surface area contributed by atoms with Crippen LogP contribution in [-0.2, 0) is 12.8 Å². The van der Waals surface area contributed by atoms with Crippen LogP contribution in [0.2, 0.25) is 0 Å². The van der Waals surface area contributed by atoms with Gasteiger partial charge in [0.2, 0.25) is 0 Å². The van der Waals surface area contributed by atoms with Gasteiger partial charge in [0.05, 0.1) is 28.5 Å². The number of aromatic nitrogens is 7. The third kappa shape index (κ3) is 4.13. The number of alkyl halides is 2. The van der Waals surface area contributed by atoms with Crippen LogP contribution in [0.5, 0.6) is 5.75 Å². The summed E-state index contributed by atoms with van der Waals surface area (Å²) >= 11 is 0. The van der Waals surface area contributed by atoms with Crippen LogP contribution in [0, 0.1) is 5.82 Å². The zero-order valence-electron chi connectivity index (χ0n) is 19.8. The average Bonchev–Trinajstić information content (AvgIpc) is 3.58. The van der Waals surface area contributed by atoms with Crippen LogP contribution < -0.4 is 4.74 Å². The molecule has 37 heavy (non-hydrogen) atoms. The second-order valence-electron chi connectivity index (χ2n) is 8.93. The van der Waals surface area contributed by atoms with Crippen LogP contribution in [0.3, 0.4) is 0 Å². The van der Waals surface area contributed by atoms with Crippen molar-refractivity contribution in [2.75, 3.05) is 0 Å². The fraction of sp³-hybridized carbons (Fsp3) is 0.240. The normalized spacial score (nSPS) is 12.4. The van der Waals surface area contributed by atoms with Crippen LogP contribution in [0.1, 0.15) is 48.2 Å². The summed E-state index contributed by atoms with van der Waals surface area (Å²) in [6, 6.07) is 10.7. The van der Waals surface area contributed by atoms with Gasteiger partial charge in [0.1, 0.15) is 17.9 Å². The number of nitrogens with zero attached hydrogens (tertiary/aromatic N) is 7. The summed E-state index contributed by atoms with van der Waals surface area (Å²) < 4.78 is 53.0. The molecule has 0 fully saturated rings. The molecular formula is C25H20F3N7O2. The summed E-state index contributed by atoms with van der Waals surface area (Å²) in [4.78, 5) is 9.06. The van der Waals surface area contributed by atoms with Gasteiger partial charge in [-0.15, -0.1) is 5.10 Å². The average molecular weight is 507 g/mol. The first kappa shape index (κ1) is 23.0. The SMILES string of the molecule is CC(C)c1noc(-c2ncn3c2Cc2c(Cc4ccc(F)cc4)nnn2-c2cc(OC(F)F)ccc2-3)n1. The second-order valence-corrected chi connectivity index (χ2v) is 8.93. The monoisotopic (exact) mass is 507 g/mol. The van der Waals surface area contributed by atoms with Crippen molar-refractivity contribution in [3.05, 3.63) is 83.1 Å². The van der Waals surface area contributed by atoms with Crippen LogP contribution in [-0.4, -0.2) is 41.3 Å². The molecule has 0 amide bonds. The highest BCUT2D eigenvalue weighted by atomic mass is 19.3. The van der Waals surface area contributed by atoms with Gasteiger partial charge in [-0.3, -0.25) is 4.57 Å². The summed E-state index contributed by atoms with van der Waals surface area (Å²) in [5, 5.41) is 12.8. The Hall–Kier alpha value is -4.48. The topological polar surface area (TPSA) is 96.7 Å². The predicted octanol–water partition coefficient (Wildman–Crippen LogP) is 4.86. The van der Waals surface area contributed by atoms with Crippen molar-refractivity contribution in [3.8, 4) is 28.7 Å². The first-order valence-corrected chi connectivity index (χ1v) is 11.5. The summed E-state index contributed by atoms with van der Waals surface area (Å²) in [5.41, 5.74) is 4.56. The van der Waals surface area contributed by atoms with E-state index >= 15 is 0 Å². The maximum Gasteiger partial charge on any atom is 0.387 e. The number of fused-ring (bicyclic) bond motifs is 5. The molecule has 0 atom stereocenters. The van der Waals surface area contributed by atoms with E-state index in [2.05, 4.69) is 30.2 Å². The van der Waals surface area contributed by atoms with Crippen molar-refractivity contribution < 1.29 is 22.4 Å². The third-order valence-corrected chi connectivity index (χ3v) is 6.15. The second kappa shape index (κ2) is 8.87. The van der Waals surface area contributed by atoms with Crippen LogP contribution in [0.4, 0.5) is 13.2 Å². The summed E-state index contributed by atoms with van der Waals surface area (Å²) in [6.45, 7) is 0.948. The lowest BCUT2D eigenvalue weighted by Gasteiger charge is -2.12. The van der Waals surface area contributed by atoms with E-state index in [-0.39, 0.29) is 23.4 Å². The molecule has 0 radical (unpaired) electrons. The van der Waals surface area contributed by atoms with Crippen LogP contribution >= 0.6 is 0 Å². The Morgan fingerprint density at radius 1 is 1.05 bits per heavy atom. The molecule has 188 valence electrons. The van der Waals surface area contributed by atoms with E-state index in [1.54, 1.807) is 29.2 Å². The zero-order chi connectivity index (χ0) is 25.7. The van der Waals surface area contributed by atoms with Gasteiger partial charge >= 0.3 is 6.61 Å². The number of ether oxygens (including phenoxy) is 1. The van der Waals surface area contributed by atoms with Gasteiger partial charge in [-0.1, -0.05) is 36.4 Å². The smallest absolute Gasteiger partial charge is 0.387 e. The maximum atomic E-state index is 13.4. The molecule has 0 saturated carbocycles. The van der Waals surface area contributed by atoms with Gasteiger partial charge in [-0.25, -0.2) is 14.1 Å². The van der Waals surface area contributed by atoms with Gasteiger partial charge in [0.15, 0.2) is 11.5 Å². The Balaban J connectivity index is 1.51. The zero-order valence-corrected chi connectivity index (χ0v) is 19.8. The Labute approximate surface area is 208 Å². The van der Waals surface area contributed by atoms with Crippen molar-refractivity contribution in [2.45, 2.75) is 39.2 Å². The summed E-state index contributed by atoms with van der Waals surface area (Å²) in [5.74, 6) is 0.555. The Morgan fingerprint density at radius 2 is 1.86 bits per heavy atom. The molecule has 3 aromatic heterocycles. The van der Waals surface area contributed by atoms with Crippen LogP contribution in [0.15, 0.2) is 53.3 Å². The van der Waals surface area contributed by atoms with Gasteiger partial charge in [0, 0.05) is 24.8 Å². The minimum atomic E-state index is -2.98. The van der Waals surface area contributed by atoms with E-state index in [4.69, 9.17) is 4.52 Å². The van der Waals surface area contributed by atoms with Crippen molar-refractivity contribution in [3.63, 3.8) is 0 Å². The Morgan fingerprint density at radius 3 is 2.59 bits per heavy atom. The highest BCUT2D eigenvalue weighted by Crippen LogP contribution is 2.35. The Bertz CT molecular complexity index is 1590. The fourth-order valence-electron chi connectivity index (χ4n) is 4.34. The molecule has 9 nitrogen and oxygen atoms in total. The molecule has 0 saturated heterocycles. The van der Waals surface area contributed by atoms with E-state index < -0.39 is 6.61 Å². The number of rotatable bonds is 6. The van der Waals surface area contributed by atoms with Gasteiger partial charge < -0.3 is 9.26 Å². The standard InChI is InChI=1S/C25H20F3N7O2/c1-13(2)23-30-24(37-32-23)22-21-11-19-17(9-14-3-5-15(26)6-4-14)31-33-35(19)20-10-16(36-25(27)28)7-8-18(20)34(21)12-29-22/h3-8,10,12-13,25H,9,11H2,1-2H3. The molecule has 0 spiro atoms.